The maximum absolute atomic E-state index is 11.7. The molecule has 0 saturated heterocycles. The number of carbonyl (C=O) groups is 1. The van der Waals surface area contributed by atoms with Gasteiger partial charge in [-0.25, -0.2) is 0 Å². The summed E-state index contributed by atoms with van der Waals surface area (Å²) < 4.78 is 0. The molecule has 0 aliphatic carbocycles. The Hall–Kier alpha value is -0.610. The van der Waals surface area contributed by atoms with Gasteiger partial charge in [-0.2, -0.15) is 0 Å². The summed E-state index contributed by atoms with van der Waals surface area (Å²) in [6, 6.07) is 0.677. The normalized spacial score (nSPS) is 15.1. The molecule has 4 nitrogen and oxygen atoms in total. The van der Waals surface area contributed by atoms with Gasteiger partial charge in [-0.1, -0.05) is 6.92 Å². The maximum atomic E-state index is 11.7. The molecule has 0 radical (unpaired) electrons. The number of hydrogen-bond donors (Lipinski definition) is 2. The van der Waals surface area contributed by atoms with E-state index in [1.807, 2.05) is 13.8 Å². The number of nitrogens with zero attached hydrogens (tertiary/aromatic N) is 1. The van der Waals surface area contributed by atoms with Crippen molar-refractivity contribution in [2.45, 2.75) is 59.2 Å². The first kappa shape index (κ1) is 16.4. The van der Waals surface area contributed by atoms with Gasteiger partial charge >= 0.3 is 0 Å². The minimum atomic E-state index is -0.121. The Morgan fingerprint density at radius 1 is 1.24 bits per heavy atom. The van der Waals surface area contributed by atoms with E-state index in [-0.39, 0.29) is 18.0 Å². The fraction of sp³-hybridized carbons (Fsp3) is 0.923. The van der Waals surface area contributed by atoms with Crippen LogP contribution in [0, 0.1) is 0 Å². The van der Waals surface area contributed by atoms with Gasteiger partial charge in [0.2, 0.25) is 5.91 Å². The first-order chi connectivity index (χ1) is 7.88. The highest BCUT2D eigenvalue weighted by atomic mass is 16.2. The van der Waals surface area contributed by atoms with Gasteiger partial charge in [-0.05, 0) is 41.2 Å². The Kier molecular flexibility index (Phi) is 8.17. The average molecular weight is 243 g/mol. The quantitative estimate of drug-likeness (QED) is 0.674. The highest BCUT2D eigenvalue weighted by Crippen LogP contribution is 1.93. The summed E-state index contributed by atoms with van der Waals surface area (Å²) in [6.07, 6.45) is 0.967. The van der Waals surface area contributed by atoms with Crippen molar-refractivity contribution >= 4 is 5.91 Å². The van der Waals surface area contributed by atoms with E-state index in [0.717, 1.165) is 19.5 Å². The predicted molar refractivity (Wildman–Crippen MR) is 73.1 cm³/mol. The number of amides is 1. The number of rotatable bonds is 8. The summed E-state index contributed by atoms with van der Waals surface area (Å²) in [5, 5.41) is 6.22. The molecule has 0 bridgehead atoms. The predicted octanol–water partition coefficient (Wildman–Crippen LogP) is 1.22. The van der Waals surface area contributed by atoms with Gasteiger partial charge in [0.15, 0.2) is 0 Å². The molecule has 0 aromatic carbocycles. The SMILES string of the molecule is CCC(C)NC(=O)C(C)NCCN(C)C(C)C. The number of nitrogens with one attached hydrogen (secondary N) is 2. The van der Waals surface area contributed by atoms with Crippen LogP contribution >= 0.6 is 0 Å². The lowest BCUT2D eigenvalue weighted by atomic mass is 10.2. The van der Waals surface area contributed by atoms with E-state index < -0.39 is 0 Å². The van der Waals surface area contributed by atoms with Crippen LogP contribution in [0.4, 0.5) is 0 Å². The monoisotopic (exact) mass is 243 g/mol. The van der Waals surface area contributed by atoms with Crippen molar-refractivity contribution in [3.63, 3.8) is 0 Å². The second-order valence-corrected chi connectivity index (χ2v) is 5.07. The molecule has 2 N–H and O–H groups in total. The van der Waals surface area contributed by atoms with Gasteiger partial charge in [0.1, 0.15) is 0 Å². The molecule has 0 fully saturated rings. The van der Waals surface area contributed by atoms with Gasteiger partial charge in [-0.15, -0.1) is 0 Å². The van der Waals surface area contributed by atoms with Crippen molar-refractivity contribution in [3.8, 4) is 0 Å². The number of likely N-dealkylation sites (N-methyl/N-ethyl adjacent to an activating group) is 1. The molecule has 0 aromatic rings. The Labute approximate surface area is 106 Å². The fourth-order valence-corrected chi connectivity index (χ4v) is 1.28. The Morgan fingerprint density at radius 2 is 1.82 bits per heavy atom. The molecule has 0 aromatic heterocycles. The second kappa shape index (κ2) is 8.48. The van der Waals surface area contributed by atoms with Gasteiger partial charge in [0.05, 0.1) is 6.04 Å². The summed E-state index contributed by atoms with van der Waals surface area (Å²) in [5.74, 6) is 0.0894. The average Bonchev–Trinajstić information content (AvgIpc) is 2.28. The van der Waals surface area contributed by atoms with Gasteiger partial charge in [0, 0.05) is 25.2 Å². The summed E-state index contributed by atoms with van der Waals surface area (Å²) >= 11 is 0. The number of carbonyl (C=O) groups excluding carboxylic acids is 1. The van der Waals surface area contributed by atoms with Crippen LogP contribution in [0.2, 0.25) is 0 Å². The molecule has 0 saturated carbocycles. The van der Waals surface area contributed by atoms with Crippen LogP contribution in [0.5, 0.6) is 0 Å². The van der Waals surface area contributed by atoms with Crippen LogP contribution in [0.15, 0.2) is 0 Å². The highest BCUT2D eigenvalue weighted by Gasteiger charge is 2.13. The Morgan fingerprint density at radius 3 is 2.29 bits per heavy atom. The molecule has 0 rings (SSSR count). The third kappa shape index (κ3) is 7.34. The maximum Gasteiger partial charge on any atom is 0.237 e. The summed E-state index contributed by atoms with van der Waals surface area (Å²) in [6.45, 7) is 12.1. The zero-order valence-electron chi connectivity index (χ0n) is 12.2. The van der Waals surface area contributed by atoms with Crippen LogP contribution in [0.3, 0.4) is 0 Å². The van der Waals surface area contributed by atoms with Crippen LogP contribution in [-0.4, -0.2) is 49.1 Å². The van der Waals surface area contributed by atoms with E-state index >= 15 is 0 Å². The molecule has 0 heterocycles. The summed E-state index contributed by atoms with van der Waals surface area (Å²) in [4.78, 5) is 14.0. The van der Waals surface area contributed by atoms with Crippen molar-refractivity contribution in [1.29, 1.82) is 0 Å². The molecule has 2 unspecified atom stereocenters. The molecule has 102 valence electrons. The summed E-state index contributed by atoms with van der Waals surface area (Å²) in [7, 11) is 2.09. The standard InChI is InChI=1S/C13H29N3O/c1-7-11(4)15-13(17)12(5)14-8-9-16(6)10(2)3/h10-12,14H,7-9H2,1-6H3,(H,15,17). The van der Waals surface area contributed by atoms with E-state index in [0.29, 0.717) is 6.04 Å². The third-order valence-electron chi connectivity index (χ3n) is 3.19. The molecule has 4 heteroatoms. The molecular formula is C13H29N3O. The van der Waals surface area contributed by atoms with E-state index in [1.165, 1.54) is 0 Å². The summed E-state index contributed by atoms with van der Waals surface area (Å²) in [5.41, 5.74) is 0. The molecule has 2 atom stereocenters. The molecular weight excluding hydrogens is 214 g/mol. The second-order valence-electron chi connectivity index (χ2n) is 5.07. The van der Waals surface area contributed by atoms with Crippen molar-refractivity contribution in [2.24, 2.45) is 0 Å². The lowest BCUT2D eigenvalue weighted by Crippen LogP contribution is -2.47. The lowest BCUT2D eigenvalue weighted by Gasteiger charge is -2.23. The van der Waals surface area contributed by atoms with Crippen LogP contribution in [0.1, 0.15) is 41.0 Å². The van der Waals surface area contributed by atoms with Crippen molar-refractivity contribution in [2.75, 3.05) is 20.1 Å². The fourth-order valence-electron chi connectivity index (χ4n) is 1.28. The van der Waals surface area contributed by atoms with E-state index in [2.05, 4.69) is 43.4 Å². The zero-order chi connectivity index (χ0) is 13.4. The number of hydrogen-bond acceptors (Lipinski definition) is 3. The lowest BCUT2D eigenvalue weighted by molar-refractivity contribution is -0.123. The van der Waals surface area contributed by atoms with Gasteiger partial charge in [0.25, 0.3) is 0 Å². The first-order valence-corrected chi connectivity index (χ1v) is 6.62. The zero-order valence-corrected chi connectivity index (χ0v) is 12.2. The molecule has 0 aliphatic rings. The minimum absolute atomic E-state index is 0.0894. The van der Waals surface area contributed by atoms with E-state index in [9.17, 15) is 4.79 Å². The minimum Gasteiger partial charge on any atom is -0.352 e. The molecule has 0 spiro atoms. The largest absolute Gasteiger partial charge is 0.352 e. The van der Waals surface area contributed by atoms with E-state index in [1.54, 1.807) is 0 Å². The topological polar surface area (TPSA) is 44.4 Å². The molecule has 17 heavy (non-hydrogen) atoms. The first-order valence-electron chi connectivity index (χ1n) is 6.62. The Bertz CT molecular complexity index is 219. The third-order valence-corrected chi connectivity index (χ3v) is 3.19. The van der Waals surface area contributed by atoms with Crippen LogP contribution in [-0.2, 0) is 4.79 Å². The highest BCUT2D eigenvalue weighted by molar-refractivity contribution is 5.81. The van der Waals surface area contributed by atoms with Crippen LogP contribution in [0.25, 0.3) is 0 Å². The van der Waals surface area contributed by atoms with Gasteiger partial charge in [-0.3, -0.25) is 4.79 Å². The van der Waals surface area contributed by atoms with E-state index in [4.69, 9.17) is 0 Å². The Balaban J connectivity index is 3.78. The molecule has 0 aliphatic heterocycles. The van der Waals surface area contributed by atoms with Crippen LogP contribution < -0.4 is 10.6 Å². The van der Waals surface area contributed by atoms with Crippen molar-refractivity contribution in [1.82, 2.24) is 15.5 Å². The van der Waals surface area contributed by atoms with Gasteiger partial charge < -0.3 is 15.5 Å². The van der Waals surface area contributed by atoms with Crippen molar-refractivity contribution < 1.29 is 4.79 Å². The molecule has 1 amide bonds. The smallest absolute Gasteiger partial charge is 0.237 e. The van der Waals surface area contributed by atoms with Crippen molar-refractivity contribution in [3.05, 3.63) is 0 Å².